The first-order valence-corrected chi connectivity index (χ1v) is 7.28. The van der Waals surface area contributed by atoms with Crippen molar-refractivity contribution in [1.29, 1.82) is 0 Å². The van der Waals surface area contributed by atoms with Crippen LogP contribution in [-0.4, -0.2) is 36.0 Å². The number of fused-ring (bicyclic) bond motifs is 1. The molecule has 1 amide bonds. The van der Waals surface area contributed by atoms with Crippen LogP contribution < -0.4 is 11.3 Å². The van der Waals surface area contributed by atoms with Crippen LogP contribution in [0.3, 0.4) is 0 Å². The maximum atomic E-state index is 12.8. The van der Waals surface area contributed by atoms with Crippen molar-refractivity contribution < 1.29 is 18.0 Å². The molecule has 0 spiro atoms. The molecule has 0 radical (unpaired) electrons. The summed E-state index contributed by atoms with van der Waals surface area (Å²) in [4.78, 5) is 25.9. The van der Waals surface area contributed by atoms with E-state index in [4.69, 9.17) is 5.73 Å². The molecule has 0 saturated heterocycles. The van der Waals surface area contributed by atoms with Crippen LogP contribution in [0, 0.1) is 0 Å². The van der Waals surface area contributed by atoms with E-state index in [-0.39, 0.29) is 17.3 Å². The molecule has 1 aromatic carbocycles. The minimum Gasteiger partial charge on any atom is -0.368 e. The lowest BCUT2D eigenvalue weighted by molar-refractivity contribution is -0.137. The lowest BCUT2D eigenvalue weighted by Crippen LogP contribution is -2.35. The van der Waals surface area contributed by atoms with Gasteiger partial charge in [0.05, 0.1) is 11.1 Å². The number of rotatable bonds is 5. The summed E-state index contributed by atoms with van der Waals surface area (Å²) in [5.74, 6) is -0.702. The average Bonchev–Trinajstić information content (AvgIpc) is 2.47. The molecule has 1 aromatic heterocycles. The maximum absolute atomic E-state index is 12.8. The molecule has 1 atom stereocenters. The third-order valence-corrected chi connectivity index (χ3v) is 3.75. The van der Waals surface area contributed by atoms with E-state index in [2.05, 4.69) is 0 Å². The molecule has 0 aliphatic heterocycles. The Kier molecular flexibility index (Phi) is 4.98. The predicted molar refractivity (Wildman–Crippen MR) is 84.6 cm³/mol. The van der Waals surface area contributed by atoms with Gasteiger partial charge in [-0.3, -0.25) is 14.2 Å². The van der Waals surface area contributed by atoms with Gasteiger partial charge < -0.3 is 10.6 Å². The van der Waals surface area contributed by atoms with E-state index < -0.39 is 29.2 Å². The lowest BCUT2D eigenvalue weighted by atomic mass is 10.1. The smallest absolute Gasteiger partial charge is 0.368 e. The number of alkyl halides is 3. The molecule has 1 unspecified atom stereocenters. The van der Waals surface area contributed by atoms with Crippen LogP contribution in [0.2, 0.25) is 0 Å². The van der Waals surface area contributed by atoms with E-state index >= 15 is 0 Å². The van der Waals surface area contributed by atoms with Gasteiger partial charge in [0.15, 0.2) is 0 Å². The highest BCUT2D eigenvalue weighted by Gasteiger charge is 2.31. The third-order valence-electron chi connectivity index (χ3n) is 3.75. The predicted octanol–water partition coefficient (Wildman–Crippen LogP) is 2.00. The molecule has 0 fully saturated rings. The zero-order valence-corrected chi connectivity index (χ0v) is 13.3. The molecule has 2 N–H and O–H groups in total. The van der Waals surface area contributed by atoms with Crippen molar-refractivity contribution in [3.8, 4) is 0 Å². The van der Waals surface area contributed by atoms with E-state index in [1.165, 1.54) is 16.7 Å². The molecule has 0 aliphatic carbocycles. The second-order valence-electron chi connectivity index (χ2n) is 5.82. The second-order valence-corrected chi connectivity index (χ2v) is 5.82. The number of hydrogen-bond acceptors (Lipinski definition) is 3. The Bertz CT molecular complexity index is 812. The number of nitrogens with zero attached hydrogens (tertiary/aromatic N) is 2. The van der Waals surface area contributed by atoms with E-state index in [1.54, 1.807) is 14.1 Å². The van der Waals surface area contributed by atoms with Gasteiger partial charge in [-0.1, -0.05) is 0 Å². The number of amides is 1. The first-order valence-electron chi connectivity index (χ1n) is 7.28. The van der Waals surface area contributed by atoms with Gasteiger partial charge in [-0.15, -0.1) is 0 Å². The van der Waals surface area contributed by atoms with Crippen LogP contribution >= 0.6 is 0 Å². The number of hydrogen-bond donors (Lipinski definition) is 1. The Morgan fingerprint density at radius 1 is 1.25 bits per heavy atom. The van der Waals surface area contributed by atoms with Gasteiger partial charge in [-0.2, -0.15) is 13.2 Å². The van der Waals surface area contributed by atoms with Crippen molar-refractivity contribution in [3.05, 3.63) is 46.2 Å². The first kappa shape index (κ1) is 18.0. The maximum Gasteiger partial charge on any atom is 0.416 e. The quantitative estimate of drug-likeness (QED) is 0.904. The first-order chi connectivity index (χ1) is 11.1. The molecule has 1 heterocycles. The third kappa shape index (κ3) is 3.76. The molecule has 130 valence electrons. The number of benzene rings is 1. The molecule has 0 bridgehead atoms. The SMILES string of the molecule is CN(C)CCC(C(N)=O)n1c(=O)ccc2cc(C(F)(F)F)ccc21. The topological polar surface area (TPSA) is 68.3 Å². The van der Waals surface area contributed by atoms with Crippen LogP contribution in [-0.2, 0) is 11.0 Å². The average molecular weight is 341 g/mol. The fourth-order valence-corrected chi connectivity index (χ4v) is 2.54. The summed E-state index contributed by atoms with van der Waals surface area (Å²) in [6, 6.07) is 4.57. The number of pyridine rings is 1. The Morgan fingerprint density at radius 3 is 2.46 bits per heavy atom. The van der Waals surface area contributed by atoms with Gasteiger partial charge in [-0.05, 0) is 50.2 Å². The minimum absolute atomic E-state index is 0.223. The van der Waals surface area contributed by atoms with E-state index in [0.29, 0.717) is 6.54 Å². The number of halogens is 3. The van der Waals surface area contributed by atoms with Crippen molar-refractivity contribution in [2.45, 2.75) is 18.6 Å². The molecule has 8 heteroatoms. The Balaban J connectivity index is 2.61. The summed E-state index contributed by atoms with van der Waals surface area (Å²) in [6.45, 7) is 0.497. The number of aromatic nitrogens is 1. The number of carbonyl (C=O) groups is 1. The summed E-state index contributed by atoms with van der Waals surface area (Å²) in [5.41, 5.74) is 4.37. The highest BCUT2D eigenvalue weighted by Crippen LogP contribution is 2.31. The zero-order valence-electron chi connectivity index (χ0n) is 13.3. The molecule has 0 aliphatic rings. The summed E-state index contributed by atoms with van der Waals surface area (Å²) < 4.78 is 39.7. The van der Waals surface area contributed by atoms with Crippen LogP contribution in [0.1, 0.15) is 18.0 Å². The largest absolute Gasteiger partial charge is 0.416 e. The number of primary amides is 1. The molecular weight excluding hydrogens is 323 g/mol. The number of nitrogens with two attached hydrogens (primary N) is 1. The Labute approximate surface area is 136 Å². The highest BCUT2D eigenvalue weighted by molar-refractivity contribution is 5.84. The lowest BCUT2D eigenvalue weighted by Gasteiger charge is -2.21. The fraction of sp³-hybridized carbons (Fsp3) is 0.375. The molecule has 5 nitrogen and oxygen atoms in total. The van der Waals surface area contributed by atoms with Crippen molar-refractivity contribution in [3.63, 3.8) is 0 Å². The highest BCUT2D eigenvalue weighted by atomic mass is 19.4. The molecule has 24 heavy (non-hydrogen) atoms. The van der Waals surface area contributed by atoms with Crippen LogP contribution in [0.5, 0.6) is 0 Å². The van der Waals surface area contributed by atoms with Gasteiger partial charge in [0, 0.05) is 12.6 Å². The van der Waals surface area contributed by atoms with Crippen molar-refractivity contribution in [2.24, 2.45) is 5.73 Å². The molecular formula is C16H18F3N3O2. The second kappa shape index (κ2) is 6.64. The summed E-state index contributed by atoms with van der Waals surface area (Å²) >= 11 is 0. The summed E-state index contributed by atoms with van der Waals surface area (Å²) in [6.07, 6.45) is -4.20. The Hall–Kier alpha value is -2.35. The molecule has 2 rings (SSSR count). The van der Waals surface area contributed by atoms with Gasteiger partial charge in [0.25, 0.3) is 5.56 Å². The molecule has 0 saturated carbocycles. The normalized spacial score (nSPS) is 13.4. The van der Waals surface area contributed by atoms with E-state index in [1.807, 2.05) is 4.90 Å². The van der Waals surface area contributed by atoms with Gasteiger partial charge in [-0.25, -0.2) is 0 Å². The van der Waals surface area contributed by atoms with Gasteiger partial charge in [0.2, 0.25) is 5.91 Å². The van der Waals surface area contributed by atoms with Crippen molar-refractivity contribution in [1.82, 2.24) is 9.47 Å². The van der Waals surface area contributed by atoms with Crippen LogP contribution in [0.25, 0.3) is 10.9 Å². The minimum atomic E-state index is -4.48. The summed E-state index contributed by atoms with van der Waals surface area (Å²) in [5, 5.41) is 0.223. The van der Waals surface area contributed by atoms with Crippen LogP contribution in [0.4, 0.5) is 13.2 Å². The van der Waals surface area contributed by atoms with Crippen molar-refractivity contribution in [2.75, 3.05) is 20.6 Å². The Morgan fingerprint density at radius 2 is 1.92 bits per heavy atom. The van der Waals surface area contributed by atoms with E-state index in [9.17, 15) is 22.8 Å². The van der Waals surface area contributed by atoms with Crippen LogP contribution in [0.15, 0.2) is 35.1 Å². The molecule has 2 aromatic rings. The number of carbonyl (C=O) groups excluding carboxylic acids is 1. The zero-order chi connectivity index (χ0) is 18.1. The fourth-order valence-electron chi connectivity index (χ4n) is 2.54. The van der Waals surface area contributed by atoms with E-state index in [0.717, 1.165) is 18.2 Å². The monoisotopic (exact) mass is 341 g/mol. The van der Waals surface area contributed by atoms with Gasteiger partial charge in [0.1, 0.15) is 6.04 Å². The van der Waals surface area contributed by atoms with Gasteiger partial charge >= 0.3 is 6.18 Å². The standard InChI is InChI=1S/C16H18F3N3O2/c1-21(2)8-7-13(15(20)24)22-12-5-4-11(16(17,18)19)9-10(12)3-6-14(22)23/h3-6,9,13H,7-8H2,1-2H3,(H2,20,24). The van der Waals surface area contributed by atoms with Crippen molar-refractivity contribution >= 4 is 16.8 Å². The summed E-state index contributed by atoms with van der Waals surface area (Å²) in [7, 11) is 3.61.